The van der Waals surface area contributed by atoms with Gasteiger partial charge in [0.1, 0.15) is 0 Å². The molecular formula is C10H20N2O2. The van der Waals surface area contributed by atoms with Crippen molar-refractivity contribution in [1.82, 2.24) is 10.2 Å². The minimum atomic E-state index is 0.0271. The number of amides is 1. The molecule has 0 spiro atoms. The van der Waals surface area contributed by atoms with Crippen LogP contribution < -0.4 is 5.32 Å². The molecule has 1 heterocycles. The van der Waals surface area contributed by atoms with Gasteiger partial charge in [0, 0.05) is 14.2 Å². The second-order valence-electron chi connectivity index (χ2n) is 3.90. The van der Waals surface area contributed by atoms with E-state index in [4.69, 9.17) is 4.74 Å². The Hall–Kier alpha value is -0.610. The second-order valence-corrected chi connectivity index (χ2v) is 3.90. The van der Waals surface area contributed by atoms with Crippen LogP contribution in [0.1, 0.15) is 19.8 Å². The highest BCUT2D eigenvalue weighted by Crippen LogP contribution is 2.09. The zero-order valence-electron chi connectivity index (χ0n) is 9.25. The Balaban J connectivity index is 2.42. The molecule has 0 aromatic carbocycles. The molecule has 0 aliphatic carbocycles. The molecule has 1 rings (SSSR count). The predicted molar refractivity (Wildman–Crippen MR) is 55.1 cm³/mol. The average Bonchev–Trinajstić information content (AvgIpc) is 2.68. The number of rotatable bonds is 4. The minimum absolute atomic E-state index is 0.0271. The van der Waals surface area contributed by atoms with E-state index in [9.17, 15) is 4.79 Å². The third-order valence-electron chi connectivity index (χ3n) is 2.78. The van der Waals surface area contributed by atoms with Crippen LogP contribution in [0.3, 0.4) is 0 Å². The summed E-state index contributed by atoms with van der Waals surface area (Å²) in [6.07, 6.45) is 2.06. The molecule has 4 nitrogen and oxygen atoms in total. The Morgan fingerprint density at radius 3 is 2.93 bits per heavy atom. The molecule has 0 bridgehead atoms. The predicted octanol–water partition coefficient (Wildman–Crippen LogP) is 0.232. The van der Waals surface area contributed by atoms with Gasteiger partial charge in [0.05, 0.1) is 18.7 Å². The van der Waals surface area contributed by atoms with Crippen LogP contribution in [0.25, 0.3) is 0 Å². The molecule has 82 valence electrons. The summed E-state index contributed by atoms with van der Waals surface area (Å²) in [5.41, 5.74) is 0. The van der Waals surface area contributed by atoms with Crippen LogP contribution in [0.2, 0.25) is 0 Å². The van der Waals surface area contributed by atoms with E-state index in [-0.39, 0.29) is 18.0 Å². The molecule has 0 saturated carbocycles. The lowest BCUT2D eigenvalue weighted by Gasteiger charge is -2.27. The van der Waals surface area contributed by atoms with E-state index in [1.807, 2.05) is 14.0 Å². The van der Waals surface area contributed by atoms with Crippen LogP contribution >= 0.6 is 0 Å². The zero-order chi connectivity index (χ0) is 10.6. The first-order valence-electron chi connectivity index (χ1n) is 5.15. The van der Waals surface area contributed by atoms with E-state index in [0.29, 0.717) is 6.61 Å². The van der Waals surface area contributed by atoms with Crippen LogP contribution in [0.5, 0.6) is 0 Å². The van der Waals surface area contributed by atoms with E-state index in [1.165, 1.54) is 0 Å². The van der Waals surface area contributed by atoms with Crippen molar-refractivity contribution >= 4 is 5.91 Å². The summed E-state index contributed by atoms with van der Waals surface area (Å²) >= 11 is 0. The molecule has 1 aliphatic heterocycles. The molecule has 2 atom stereocenters. The van der Waals surface area contributed by atoms with Gasteiger partial charge >= 0.3 is 0 Å². The number of hydrogen-bond acceptors (Lipinski definition) is 3. The topological polar surface area (TPSA) is 41.6 Å². The maximum absolute atomic E-state index is 11.9. The van der Waals surface area contributed by atoms with Gasteiger partial charge in [-0.1, -0.05) is 0 Å². The van der Waals surface area contributed by atoms with Crippen molar-refractivity contribution in [1.29, 1.82) is 0 Å². The first kappa shape index (κ1) is 11.5. The number of likely N-dealkylation sites (N-methyl/N-ethyl adjacent to an activating group) is 1. The Kier molecular flexibility index (Phi) is 4.35. The lowest BCUT2D eigenvalue weighted by molar-refractivity contribution is -0.134. The van der Waals surface area contributed by atoms with Crippen LogP contribution in [-0.4, -0.2) is 50.2 Å². The van der Waals surface area contributed by atoms with Gasteiger partial charge in [-0.3, -0.25) is 4.79 Å². The van der Waals surface area contributed by atoms with Crippen molar-refractivity contribution in [2.24, 2.45) is 0 Å². The first-order valence-corrected chi connectivity index (χ1v) is 5.15. The monoisotopic (exact) mass is 200 g/mol. The van der Waals surface area contributed by atoms with Gasteiger partial charge in [-0.05, 0) is 26.3 Å². The van der Waals surface area contributed by atoms with E-state index < -0.39 is 0 Å². The number of carbonyl (C=O) groups is 1. The van der Waals surface area contributed by atoms with Crippen molar-refractivity contribution in [3.63, 3.8) is 0 Å². The van der Waals surface area contributed by atoms with Gasteiger partial charge in [0.25, 0.3) is 0 Å². The molecule has 0 aromatic heterocycles. The standard InChI is InChI=1S/C10H20N2O2/c1-8(7-14-3)12(2)10(13)9-5-4-6-11-9/h8-9,11H,4-7H2,1-3H3/t8?,9-/m1/s1. The van der Waals surface area contributed by atoms with Gasteiger partial charge in [-0.25, -0.2) is 0 Å². The normalized spacial score (nSPS) is 23.5. The maximum Gasteiger partial charge on any atom is 0.239 e. The molecular weight excluding hydrogens is 180 g/mol. The summed E-state index contributed by atoms with van der Waals surface area (Å²) in [6.45, 7) is 3.55. The number of methoxy groups -OCH3 is 1. The van der Waals surface area contributed by atoms with Gasteiger partial charge in [-0.15, -0.1) is 0 Å². The minimum Gasteiger partial charge on any atom is -0.383 e. The second kappa shape index (κ2) is 5.32. The smallest absolute Gasteiger partial charge is 0.239 e. The fourth-order valence-electron chi connectivity index (χ4n) is 1.71. The van der Waals surface area contributed by atoms with Gasteiger partial charge in [0.15, 0.2) is 0 Å². The third kappa shape index (κ3) is 2.69. The Morgan fingerprint density at radius 1 is 1.71 bits per heavy atom. The molecule has 0 aromatic rings. The van der Waals surface area contributed by atoms with Crippen molar-refractivity contribution in [2.45, 2.75) is 31.8 Å². The largest absolute Gasteiger partial charge is 0.383 e. The molecule has 1 unspecified atom stereocenters. The van der Waals surface area contributed by atoms with Crippen molar-refractivity contribution < 1.29 is 9.53 Å². The number of hydrogen-bond donors (Lipinski definition) is 1. The summed E-state index contributed by atoms with van der Waals surface area (Å²) in [7, 11) is 3.49. The summed E-state index contributed by atoms with van der Waals surface area (Å²) in [4.78, 5) is 13.6. The van der Waals surface area contributed by atoms with Crippen molar-refractivity contribution in [3.8, 4) is 0 Å². The van der Waals surface area contributed by atoms with Crippen LogP contribution in [0.4, 0.5) is 0 Å². The number of nitrogens with zero attached hydrogens (tertiary/aromatic N) is 1. The number of carbonyl (C=O) groups excluding carboxylic acids is 1. The molecule has 14 heavy (non-hydrogen) atoms. The fraction of sp³-hybridized carbons (Fsp3) is 0.900. The Labute approximate surface area is 85.6 Å². The van der Waals surface area contributed by atoms with Gasteiger partial charge < -0.3 is 15.0 Å². The maximum atomic E-state index is 11.9. The number of nitrogens with one attached hydrogen (secondary N) is 1. The Morgan fingerprint density at radius 2 is 2.43 bits per heavy atom. The molecule has 0 radical (unpaired) electrons. The van der Waals surface area contributed by atoms with E-state index in [1.54, 1.807) is 12.0 Å². The quantitative estimate of drug-likeness (QED) is 0.706. The van der Waals surface area contributed by atoms with Crippen molar-refractivity contribution in [3.05, 3.63) is 0 Å². The van der Waals surface area contributed by atoms with E-state index in [0.717, 1.165) is 19.4 Å². The number of ether oxygens (including phenoxy) is 1. The highest BCUT2D eigenvalue weighted by Gasteiger charge is 2.26. The molecule has 4 heteroatoms. The summed E-state index contributed by atoms with van der Waals surface area (Å²) in [6, 6.07) is 0.175. The lowest BCUT2D eigenvalue weighted by Crippen LogP contribution is -2.46. The van der Waals surface area contributed by atoms with Crippen LogP contribution in [0.15, 0.2) is 0 Å². The molecule has 1 aliphatic rings. The van der Waals surface area contributed by atoms with Crippen LogP contribution in [0, 0.1) is 0 Å². The summed E-state index contributed by atoms with van der Waals surface area (Å²) < 4.78 is 5.02. The summed E-state index contributed by atoms with van der Waals surface area (Å²) in [5.74, 6) is 0.187. The molecule has 1 amide bonds. The van der Waals surface area contributed by atoms with Crippen LogP contribution in [-0.2, 0) is 9.53 Å². The van der Waals surface area contributed by atoms with E-state index in [2.05, 4.69) is 5.32 Å². The fourth-order valence-corrected chi connectivity index (χ4v) is 1.71. The van der Waals surface area contributed by atoms with Crippen molar-refractivity contribution in [2.75, 3.05) is 27.3 Å². The lowest BCUT2D eigenvalue weighted by atomic mass is 10.2. The SMILES string of the molecule is COCC(C)N(C)C(=O)[C@H]1CCCN1. The molecule has 1 fully saturated rings. The third-order valence-corrected chi connectivity index (χ3v) is 2.78. The molecule has 1 N–H and O–H groups in total. The highest BCUT2D eigenvalue weighted by molar-refractivity contribution is 5.82. The molecule has 1 saturated heterocycles. The summed E-state index contributed by atoms with van der Waals surface area (Å²) in [5, 5.41) is 3.20. The first-order chi connectivity index (χ1) is 6.66. The highest BCUT2D eigenvalue weighted by atomic mass is 16.5. The average molecular weight is 200 g/mol. The van der Waals surface area contributed by atoms with E-state index >= 15 is 0 Å². The van der Waals surface area contributed by atoms with Gasteiger partial charge in [-0.2, -0.15) is 0 Å². The van der Waals surface area contributed by atoms with Gasteiger partial charge in [0.2, 0.25) is 5.91 Å². The zero-order valence-corrected chi connectivity index (χ0v) is 9.25. The Bertz CT molecular complexity index is 191.